The molecule has 1 aromatic carbocycles. The van der Waals surface area contributed by atoms with Crippen LogP contribution >= 0.6 is 0 Å². The SMILES string of the molecule is Cc1cc(C)c2c3c(c(=O)oc2c1)S(=O)(=O)C(C(F)(F)F)C3. The second-order valence-electron chi connectivity index (χ2n) is 5.43. The third kappa shape index (κ3) is 1.97. The largest absolute Gasteiger partial charge is 0.422 e. The molecule has 0 spiro atoms. The molecule has 1 aliphatic rings. The van der Waals surface area contributed by atoms with Crippen LogP contribution in [0, 0.1) is 13.8 Å². The minimum Gasteiger partial charge on any atom is -0.422 e. The van der Waals surface area contributed by atoms with Crippen LogP contribution in [0.4, 0.5) is 13.2 Å². The van der Waals surface area contributed by atoms with Gasteiger partial charge in [-0.15, -0.1) is 0 Å². The molecule has 1 atom stereocenters. The van der Waals surface area contributed by atoms with Crippen molar-refractivity contribution in [2.24, 2.45) is 0 Å². The number of sulfone groups is 1. The number of halogens is 3. The van der Waals surface area contributed by atoms with Crippen molar-refractivity contribution < 1.29 is 26.0 Å². The first-order valence-corrected chi connectivity index (χ1v) is 7.95. The van der Waals surface area contributed by atoms with Gasteiger partial charge < -0.3 is 4.42 Å². The minimum absolute atomic E-state index is 0.0916. The van der Waals surface area contributed by atoms with Crippen LogP contribution in [0.3, 0.4) is 0 Å². The van der Waals surface area contributed by atoms with Crippen LogP contribution in [0.25, 0.3) is 11.0 Å². The molecule has 0 saturated carbocycles. The minimum atomic E-state index is -4.94. The van der Waals surface area contributed by atoms with Gasteiger partial charge in [0.2, 0.25) is 0 Å². The fourth-order valence-electron chi connectivity index (χ4n) is 2.99. The molecule has 0 radical (unpaired) electrons. The fraction of sp³-hybridized carbons (Fsp3) is 0.357. The molecule has 3 rings (SSSR count). The van der Waals surface area contributed by atoms with E-state index in [1.165, 1.54) is 6.07 Å². The smallest absolute Gasteiger partial charge is 0.406 e. The molecule has 2 aromatic rings. The van der Waals surface area contributed by atoms with Gasteiger partial charge in [0.05, 0.1) is 0 Å². The quantitative estimate of drug-likeness (QED) is 0.696. The molecular formula is C14H11F3O4S. The summed E-state index contributed by atoms with van der Waals surface area (Å²) in [5.74, 6) is 0. The van der Waals surface area contributed by atoms with Crippen molar-refractivity contribution in [2.45, 2.75) is 36.6 Å². The Labute approximate surface area is 123 Å². The van der Waals surface area contributed by atoms with E-state index >= 15 is 0 Å². The summed E-state index contributed by atoms with van der Waals surface area (Å²) >= 11 is 0. The maximum Gasteiger partial charge on any atom is 0.406 e. The Bertz CT molecular complexity index is 955. The molecule has 0 bridgehead atoms. The number of hydrogen-bond donors (Lipinski definition) is 0. The Morgan fingerprint density at radius 3 is 2.45 bits per heavy atom. The summed E-state index contributed by atoms with van der Waals surface area (Å²) in [6, 6.07) is 3.22. The summed E-state index contributed by atoms with van der Waals surface area (Å²) in [5.41, 5.74) is 0.124. The zero-order valence-electron chi connectivity index (χ0n) is 11.6. The molecule has 1 aromatic heterocycles. The zero-order valence-corrected chi connectivity index (χ0v) is 12.4. The first-order chi connectivity index (χ1) is 10.0. The number of aryl methyl sites for hydroxylation is 2. The van der Waals surface area contributed by atoms with Gasteiger partial charge in [-0.05, 0) is 36.6 Å². The molecule has 22 heavy (non-hydrogen) atoms. The summed E-state index contributed by atoms with van der Waals surface area (Å²) in [5, 5.41) is -2.32. The van der Waals surface area contributed by atoms with Crippen molar-refractivity contribution in [1.29, 1.82) is 0 Å². The lowest BCUT2D eigenvalue weighted by atomic mass is 9.99. The van der Waals surface area contributed by atoms with Crippen LogP contribution in [-0.4, -0.2) is 19.8 Å². The molecular weight excluding hydrogens is 321 g/mol. The summed E-state index contributed by atoms with van der Waals surface area (Å²) < 4.78 is 68.2. The van der Waals surface area contributed by atoms with E-state index in [2.05, 4.69) is 0 Å². The van der Waals surface area contributed by atoms with E-state index < -0.39 is 38.2 Å². The van der Waals surface area contributed by atoms with Crippen molar-refractivity contribution in [3.8, 4) is 0 Å². The topological polar surface area (TPSA) is 64.3 Å². The second kappa shape index (κ2) is 4.34. The molecule has 118 valence electrons. The van der Waals surface area contributed by atoms with Crippen molar-refractivity contribution in [1.82, 2.24) is 0 Å². The number of rotatable bonds is 0. The van der Waals surface area contributed by atoms with Crippen molar-refractivity contribution in [3.05, 3.63) is 39.2 Å². The Kier molecular flexibility index (Phi) is 2.98. The van der Waals surface area contributed by atoms with E-state index in [1.54, 1.807) is 19.9 Å². The number of fused-ring (bicyclic) bond motifs is 3. The molecule has 0 N–H and O–H groups in total. The molecule has 1 aliphatic heterocycles. The summed E-state index contributed by atoms with van der Waals surface area (Å²) in [6.07, 6.45) is -5.69. The maximum absolute atomic E-state index is 13.0. The lowest BCUT2D eigenvalue weighted by Crippen LogP contribution is -2.35. The predicted octanol–water partition coefficient (Wildman–Crippen LogP) is 2.67. The second-order valence-corrected chi connectivity index (χ2v) is 7.50. The third-order valence-electron chi connectivity index (χ3n) is 3.82. The highest BCUT2D eigenvalue weighted by molar-refractivity contribution is 7.92. The van der Waals surface area contributed by atoms with Crippen LogP contribution < -0.4 is 5.63 Å². The predicted molar refractivity (Wildman–Crippen MR) is 72.7 cm³/mol. The zero-order chi connectivity index (χ0) is 16.4. The Balaban J connectivity index is 2.46. The molecule has 4 nitrogen and oxygen atoms in total. The van der Waals surface area contributed by atoms with E-state index in [0.717, 1.165) is 5.56 Å². The Morgan fingerprint density at radius 2 is 1.86 bits per heavy atom. The molecule has 1 unspecified atom stereocenters. The van der Waals surface area contributed by atoms with Crippen molar-refractivity contribution >= 4 is 20.8 Å². The van der Waals surface area contributed by atoms with Gasteiger partial charge in [0.25, 0.3) is 0 Å². The highest BCUT2D eigenvalue weighted by Gasteiger charge is 2.55. The lowest BCUT2D eigenvalue weighted by Gasteiger charge is -2.12. The highest BCUT2D eigenvalue weighted by Crippen LogP contribution is 2.41. The normalized spacial score (nSPS) is 20.3. The first kappa shape index (κ1) is 15.1. The van der Waals surface area contributed by atoms with Gasteiger partial charge in [-0.2, -0.15) is 13.2 Å². The van der Waals surface area contributed by atoms with Crippen LogP contribution in [0.5, 0.6) is 0 Å². The van der Waals surface area contributed by atoms with E-state index in [1.807, 2.05) is 0 Å². The van der Waals surface area contributed by atoms with E-state index in [4.69, 9.17) is 4.42 Å². The van der Waals surface area contributed by atoms with Crippen LogP contribution in [-0.2, 0) is 16.3 Å². The average molecular weight is 332 g/mol. The van der Waals surface area contributed by atoms with Gasteiger partial charge in [0.15, 0.2) is 20.0 Å². The Morgan fingerprint density at radius 1 is 1.23 bits per heavy atom. The summed E-state index contributed by atoms with van der Waals surface area (Å²) in [7, 11) is -4.78. The molecule has 0 amide bonds. The van der Waals surface area contributed by atoms with Gasteiger partial charge in [-0.25, -0.2) is 13.2 Å². The van der Waals surface area contributed by atoms with Crippen LogP contribution in [0.15, 0.2) is 26.2 Å². The summed E-state index contributed by atoms with van der Waals surface area (Å²) in [4.78, 5) is 11.1. The molecule has 0 saturated heterocycles. The van der Waals surface area contributed by atoms with E-state index in [-0.39, 0.29) is 16.5 Å². The average Bonchev–Trinajstić information content (AvgIpc) is 2.60. The van der Waals surface area contributed by atoms with Gasteiger partial charge in [-0.1, -0.05) is 6.07 Å². The van der Waals surface area contributed by atoms with Gasteiger partial charge >= 0.3 is 11.8 Å². The van der Waals surface area contributed by atoms with Gasteiger partial charge in [0, 0.05) is 11.8 Å². The highest BCUT2D eigenvalue weighted by atomic mass is 32.2. The van der Waals surface area contributed by atoms with Crippen LogP contribution in [0.2, 0.25) is 0 Å². The van der Waals surface area contributed by atoms with E-state index in [9.17, 15) is 26.4 Å². The maximum atomic E-state index is 13.0. The standard InChI is InChI=1S/C14H11F3O4S/c1-6-3-7(2)11-8-5-10(14(15,16)17)22(19,20)12(8)13(18)21-9(11)4-6/h3-4,10H,5H2,1-2H3. The molecule has 0 fully saturated rings. The van der Waals surface area contributed by atoms with Crippen molar-refractivity contribution in [2.75, 3.05) is 0 Å². The van der Waals surface area contributed by atoms with Gasteiger partial charge in [-0.3, -0.25) is 0 Å². The fourth-order valence-corrected chi connectivity index (χ4v) is 4.82. The summed E-state index contributed by atoms with van der Waals surface area (Å²) in [6.45, 7) is 3.39. The molecule has 8 heteroatoms. The monoisotopic (exact) mass is 332 g/mol. The third-order valence-corrected chi connectivity index (χ3v) is 5.99. The Hall–Kier alpha value is -1.83. The molecule has 0 aliphatic carbocycles. The van der Waals surface area contributed by atoms with E-state index in [0.29, 0.717) is 5.56 Å². The van der Waals surface area contributed by atoms with Crippen LogP contribution in [0.1, 0.15) is 16.7 Å². The first-order valence-electron chi connectivity index (χ1n) is 6.41. The van der Waals surface area contributed by atoms with Crippen molar-refractivity contribution in [3.63, 3.8) is 0 Å². The number of benzene rings is 1. The number of alkyl halides is 3. The lowest BCUT2D eigenvalue weighted by molar-refractivity contribution is -0.129. The van der Waals surface area contributed by atoms with Gasteiger partial charge in [0.1, 0.15) is 5.58 Å². The number of hydrogen-bond acceptors (Lipinski definition) is 4. The molecule has 2 heterocycles.